The van der Waals surface area contributed by atoms with Gasteiger partial charge in [-0.25, -0.2) is 14.2 Å². The Hall–Kier alpha value is -3.75. The Morgan fingerprint density at radius 2 is 1.94 bits per heavy atom. The molecule has 0 aliphatic heterocycles. The molecule has 1 fully saturated rings. The van der Waals surface area contributed by atoms with E-state index >= 15 is 0 Å². The molecule has 164 valence electrons. The van der Waals surface area contributed by atoms with Crippen molar-refractivity contribution < 1.29 is 4.74 Å². The number of rotatable bonds is 7. The van der Waals surface area contributed by atoms with E-state index in [0.29, 0.717) is 17.9 Å². The molecule has 1 aliphatic carbocycles. The van der Waals surface area contributed by atoms with Crippen LogP contribution in [0, 0.1) is 5.92 Å². The number of anilines is 1. The highest BCUT2D eigenvalue weighted by Gasteiger charge is 2.19. The number of nitrogens with one attached hydrogen (secondary N) is 1. The zero-order valence-electron chi connectivity index (χ0n) is 18.1. The van der Waals surface area contributed by atoms with Gasteiger partial charge in [0.2, 0.25) is 0 Å². The number of hydrogen-bond donors (Lipinski definition) is 1. The van der Waals surface area contributed by atoms with Crippen molar-refractivity contribution >= 4 is 16.9 Å². The number of benzene rings is 1. The van der Waals surface area contributed by atoms with Gasteiger partial charge in [-0.05, 0) is 53.5 Å². The number of hydrogen-bond acceptors (Lipinski definition) is 7. The minimum absolute atomic E-state index is 0.264. The van der Waals surface area contributed by atoms with E-state index in [1.54, 1.807) is 11.7 Å². The zero-order chi connectivity index (χ0) is 21.9. The molecular formula is C23H26N8O. The summed E-state index contributed by atoms with van der Waals surface area (Å²) < 4.78 is 9.49. The maximum atomic E-state index is 6.09. The molecule has 3 aromatic heterocycles. The highest BCUT2D eigenvalue weighted by atomic mass is 16.5. The van der Waals surface area contributed by atoms with Crippen LogP contribution in [0.1, 0.15) is 37.8 Å². The third-order valence-electron chi connectivity index (χ3n) is 5.87. The summed E-state index contributed by atoms with van der Waals surface area (Å²) in [4.78, 5) is 9.34. The molecule has 9 nitrogen and oxygen atoms in total. The summed E-state index contributed by atoms with van der Waals surface area (Å²) in [5.74, 6) is 1.83. The Morgan fingerprint density at radius 1 is 1.09 bits per heavy atom. The number of tetrazole rings is 1. The first-order valence-electron chi connectivity index (χ1n) is 10.9. The van der Waals surface area contributed by atoms with E-state index in [2.05, 4.69) is 32.4 Å². The fourth-order valence-corrected chi connectivity index (χ4v) is 4.19. The SMILES string of the molecule is C=C(Nc1cccc(COc2nc3ccccc3n2-c2nnnn2C)n1)C1CCCCC1. The van der Waals surface area contributed by atoms with Gasteiger partial charge < -0.3 is 10.1 Å². The van der Waals surface area contributed by atoms with Crippen LogP contribution in [0.3, 0.4) is 0 Å². The van der Waals surface area contributed by atoms with E-state index < -0.39 is 0 Å². The molecule has 32 heavy (non-hydrogen) atoms. The highest BCUT2D eigenvalue weighted by molar-refractivity contribution is 5.78. The highest BCUT2D eigenvalue weighted by Crippen LogP contribution is 2.29. The Balaban J connectivity index is 1.35. The molecular weight excluding hydrogens is 404 g/mol. The maximum absolute atomic E-state index is 6.09. The number of ether oxygens (including phenoxy) is 1. The van der Waals surface area contributed by atoms with Gasteiger partial charge in [0, 0.05) is 12.7 Å². The Bertz CT molecular complexity index is 1240. The first kappa shape index (κ1) is 20.2. The van der Waals surface area contributed by atoms with Crippen LogP contribution in [0.2, 0.25) is 0 Å². The summed E-state index contributed by atoms with van der Waals surface area (Å²) in [6, 6.07) is 14.1. The number of aromatic nitrogens is 7. The average Bonchev–Trinajstić information content (AvgIpc) is 3.41. The average molecular weight is 431 g/mol. The molecule has 3 heterocycles. The largest absolute Gasteiger partial charge is 0.458 e. The topological polar surface area (TPSA) is 95.6 Å². The molecule has 0 saturated heterocycles. The summed E-state index contributed by atoms with van der Waals surface area (Å²) in [6.45, 7) is 4.52. The van der Waals surface area contributed by atoms with Crippen molar-refractivity contribution in [3.8, 4) is 12.0 Å². The Morgan fingerprint density at radius 3 is 2.75 bits per heavy atom. The van der Waals surface area contributed by atoms with Crippen molar-refractivity contribution in [3.63, 3.8) is 0 Å². The molecule has 9 heteroatoms. The molecule has 1 N–H and O–H groups in total. The second kappa shape index (κ2) is 8.78. The van der Waals surface area contributed by atoms with Gasteiger partial charge in [0.25, 0.3) is 5.95 Å². The van der Waals surface area contributed by atoms with Crippen LogP contribution in [0.4, 0.5) is 5.82 Å². The quantitative estimate of drug-likeness (QED) is 0.473. The zero-order valence-corrected chi connectivity index (χ0v) is 18.1. The lowest BCUT2D eigenvalue weighted by Crippen LogP contribution is -2.15. The molecule has 0 radical (unpaired) electrons. The van der Waals surface area contributed by atoms with E-state index in [4.69, 9.17) is 9.72 Å². The lowest BCUT2D eigenvalue weighted by Gasteiger charge is -2.24. The number of para-hydroxylation sites is 2. The minimum Gasteiger partial charge on any atom is -0.458 e. The van der Waals surface area contributed by atoms with Crippen molar-refractivity contribution in [2.45, 2.75) is 38.7 Å². The molecule has 4 aromatic rings. The fraction of sp³-hybridized carbons (Fsp3) is 0.348. The van der Waals surface area contributed by atoms with E-state index in [0.717, 1.165) is 28.2 Å². The summed E-state index contributed by atoms with van der Waals surface area (Å²) >= 11 is 0. The monoisotopic (exact) mass is 430 g/mol. The van der Waals surface area contributed by atoms with E-state index in [-0.39, 0.29) is 6.61 Å². The molecule has 0 atom stereocenters. The summed E-state index contributed by atoms with van der Waals surface area (Å²) in [5.41, 5.74) is 3.51. The van der Waals surface area contributed by atoms with Crippen molar-refractivity contribution in [3.05, 3.63) is 60.4 Å². The minimum atomic E-state index is 0.264. The Kier molecular flexibility index (Phi) is 5.53. The number of nitrogens with zero attached hydrogens (tertiary/aromatic N) is 7. The van der Waals surface area contributed by atoms with Crippen molar-refractivity contribution in [1.82, 2.24) is 34.7 Å². The van der Waals surface area contributed by atoms with E-state index in [9.17, 15) is 0 Å². The number of allylic oxidation sites excluding steroid dienone is 1. The fourth-order valence-electron chi connectivity index (χ4n) is 4.19. The molecule has 0 spiro atoms. The third-order valence-corrected chi connectivity index (χ3v) is 5.87. The van der Waals surface area contributed by atoms with Crippen molar-refractivity contribution in [2.75, 3.05) is 5.32 Å². The second-order valence-electron chi connectivity index (χ2n) is 8.11. The molecule has 0 bridgehead atoms. The smallest absolute Gasteiger partial charge is 0.305 e. The van der Waals surface area contributed by atoms with Gasteiger partial charge in [-0.15, -0.1) is 0 Å². The first-order valence-corrected chi connectivity index (χ1v) is 10.9. The predicted octanol–water partition coefficient (Wildman–Crippen LogP) is 4.03. The van der Waals surface area contributed by atoms with Crippen LogP contribution in [0.5, 0.6) is 6.01 Å². The van der Waals surface area contributed by atoms with Gasteiger partial charge in [0.15, 0.2) is 0 Å². The molecule has 1 aliphatic rings. The van der Waals surface area contributed by atoms with Crippen LogP contribution >= 0.6 is 0 Å². The maximum Gasteiger partial charge on any atom is 0.305 e. The van der Waals surface area contributed by atoms with Crippen LogP contribution in [0.15, 0.2) is 54.7 Å². The standard InChI is InChI=1S/C23H26N8O/c1-16(17-9-4-3-5-10-17)24-21-14-8-11-18(25-21)15-32-23-26-19-12-6-7-13-20(19)31(23)22-27-28-29-30(22)2/h6-8,11-14,17H,1,3-5,9-10,15H2,2H3,(H,24,25). The van der Waals surface area contributed by atoms with Gasteiger partial charge in [-0.1, -0.05) is 49.1 Å². The molecule has 0 amide bonds. The van der Waals surface area contributed by atoms with E-state index in [1.165, 1.54) is 32.1 Å². The van der Waals surface area contributed by atoms with Gasteiger partial charge in [-0.2, -0.15) is 4.98 Å². The molecule has 1 aromatic carbocycles. The van der Waals surface area contributed by atoms with Gasteiger partial charge in [0.05, 0.1) is 16.7 Å². The number of aryl methyl sites for hydroxylation is 1. The van der Waals surface area contributed by atoms with Gasteiger partial charge >= 0.3 is 6.01 Å². The van der Waals surface area contributed by atoms with Gasteiger partial charge in [0.1, 0.15) is 12.4 Å². The number of pyridine rings is 1. The van der Waals surface area contributed by atoms with Crippen LogP contribution < -0.4 is 10.1 Å². The van der Waals surface area contributed by atoms with Crippen LogP contribution in [-0.4, -0.2) is 34.7 Å². The van der Waals surface area contributed by atoms with Crippen LogP contribution in [0.25, 0.3) is 17.0 Å². The molecule has 1 saturated carbocycles. The second-order valence-corrected chi connectivity index (χ2v) is 8.11. The lowest BCUT2D eigenvalue weighted by molar-refractivity contribution is 0.272. The lowest BCUT2D eigenvalue weighted by atomic mass is 9.87. The van der Waals surface area contributed by atoms with Crippen molar-refractivity contribution in [2.24, 2.45) is 13.0 Å². The third kappa shape index (κ3) is 4.05. The summed E-state index contributed by atoms with van der Waals surface area (Å²) in [6.07, 6.45) is 6.26. The predicted molar refractivity (Wildman–Crippen MR) is 121 cm³/mol. The Labute approximate surface area is 186 Å². The molecule has 5 rings (SSSR count). The van der Waals surface area contributed by atoms with E-state index in [1.807, 2.05) is 47.0 Å². The summed E-state index contributed by atoms with van der Waals surface area (Å²) in [5, 5.41) is 15.2. The number of imidazole rings is 1. The first-order chi connectivity index (χ1) is 15.7. The normalized spacial score (nSPS) is 14.5. The molecule has 0 unspecified atom stereocenters. The van der Waals surface area contributed by atoms with Crippen LogP contribution in [-0.2, 0) is 13.7 Å². The number of fused-ring (bicyclic) bond motifs is 1. The summed E-state index contributed by atoms with van der Waals surface area (Å²) in [7, 11) is 1.78. The van der Waals surface area contributed by atoms with Gasteiger partial charge in [-0.3, -0.25) is 0 Å². The van der Waals surface area contributed by atoms with Crippen molar-refractivity contribution in [1.29, 1.82) is 0 Å².